The van der Waals surface area contributed by atoms with Gasteiger partial charge in [0.2, 0.25) is 0 Å². The molecule has 1 aliphatic rings. The molecule has 1 atom stereocenters. The van der Waals surface area contributed by atoms with E-state index in [1.807, 2.05) is 12.1 Å². The maximum Gasteiger partial charge on any atom is 0.123 e. The van der Waals surface area contributed by atoms with Gasteiger partial charge in [-0.1, -0.05) is 24.5 Å². The molecule has 0 saturated heterocycles. The Kier molecular flexibility index (Phi) is 4.18. The minimum Gasteiger partial charge on any atom is -0.320 e. The molecule has 106 valence electrons. The first-order chi connectivity index (χ1) is 9.74. The van der Waals surface area contributed by atoms with Gasteiger partial charge >= 0.3 is 0 Å². The Morgan fingerprint density at radius 3 is 2.85 bits per heavy atom. The van der Waals surface area contributed by atoms with Crippen molar-refractivity contribution in [1.82, 2.24) is 0 Å². The van der Waals surface area contributed by atoms with Crippen LogP contribution in [0.2, 0.25) is 0 Å². The fraction of sp³-hybridized carbons (Fsp3) is 0.412. The second kappa shape index (κ2) is 6.06. The summed E-state index contributed by atoms with van der Waals surface area (Å²) in [5.74, 6) is -0.180. The molecule has 20 heavy (non-hydrogen) atoms. The fourth-order valence-corrected chi connectivity index (χ4v) is 3.96. The Labute approximate surface area is 123 Å². The molecule has 0 saturated carbocycles. The number of hydrogen-bond acceptors (Lipinski definition) is 2. The van der Waals surface area contributed by atoms with Gasteiger partial charge in [0.15, 0.2) is 0 Å². The molecule has 1 aromatic heterocycles. The number of rotatable bonds is 2. The van der Waals surface area contributed by atoms with Gasteiger partial charge in [-0.25, -0.2) is 4.39 Å². The van der Waals surface area contributed by atoms with E-state index in [4.69, 9.17) is 5.73 Å². The summed E-state index contributed by atoms with van der Waals surface area (Å²) in [5.41, 5.74) is 7.80. The SMILES string of the molecule is NC(/C1=C/CCCCCC1)c1cc2cc(F)ccc2s1. The van der Waals surface area contributed by atoms with Crippen LogP contribution in [0.25, 0.3) is 10.1 Å². The molecule has 1 heterocycles. The predicted octanol–water partition coefficient (Wildman–Crippen LogP) is 5.32. The first kappa shape index (κ1) is 13.8. The van der Waals surface area contributed by atoms with Gasteiger partial charge < -0.3 is 5.73 Å². The molecule has 3 heteroatoms. The molecule has 2 aromatic rings. The molecule has 1 unspecified atom stereocenters. The molecule has 2 N–H and O–H groups in total. The van der Waals surface area contributed by atoms with Gasteiger partial charge in [-0.05, 0) is 55.3 Å². The number of halogens is 1. The van der Waals surface area contributed by atoms with Crippen LogP contribution in [0.4, 0.5) is 4.39 Å². The van der Waals surface area contributed by atoms with Gasteiger partial charge in [-0.2, -0.15) is 0 Å². The summed E-state index contributed by atoms with van der Waals surface area (Å²) in [7, 11) is 0. The minimum absolute atomic E-state index is 0.0199. The van der Waals surface area contributed by atoms with Crippen molar-refractivity contribution in [3.05, 3.63) is 46.6 Å². The van der Waals surface area contributed by atoms with Crippen LogP contribution in [-0.4, -0.2) is 0 Å². The quantitative estimate of drug-likeness (QED) is 0.744. The van der Waals surface area contributed by atoms with Gasteiger partial charge in [0.25, 0.3) is 0 Å². The van der Waals surface area contributed by atoms with Crippen molar-refractivity contribution in [3.8, 4) is 0 Å². The van der Waals surface area contributed by atoms with E-state index in [1.165, 1.54) is 37.3 Å². The molecular weight excluding hydrogens is 269 g/mol. The number of nitrogens with two attached hydrogens (primary N) is 1. The van der Waals surface area contributed by atoms with Gasteiger partial charge in [-0.15, -0.1) is 11.3 Å². The second-order valence-corrected chi connectivity index (χ2v) is 6.66. The summed E-state index contributed by atoms with van der Waals surface area (Å²) in [5, 5.41) is 0.965. The van der Waals surface area contributed by atoms with Crippen molar-refractivity contribution >= 4 is 21.4 Å². The summed E-state index contributed by atoms with van der Waals surface area (Å²) in [4.78, 5) is 1.15. The highest BCUT2D eigenvalue weighted by atomic mass is 32.1. The molecule has 0 bridgehead atoms. The van der Waals surface area contributed by atoms with Crippen molar-refractivity contribution in [2.24, 2.45) is 5.73 Å². The lowest BCUT2D eigenvalue weighted by molar-refractivity contribution is 0.604. The minimum atomic E-state index is -0.180. The van der Waals surface area contributed by atoms with Crippen LogP contribution in [0.3, 0.4) is 0 Å². The summed E-state index contributed by atoms with van der Waals surface area (Å²) >= 11 is 1.69. The van der Waals surface area contributed by atoms with Crippen LogP contribution in [0.5, 0.6) is 0 Å². The largest absolute Gasteiger partial charge is 0.320 e. The van der Waals surface area contributed by atoms with Crippen LogP contribution < -0.4 is 5.73 Å². The molecule has 0 amide bonds. The molecule has 0 fully saturated rings. The normalized spacial score (nSPS) is 21.0. The second-order valence-electron chi connectivity index (χ2n) is 5.54. The molecule has 0 spiro atoms. The summed E-state index contributed by atoms with van der Waals surface area (Å²) in [6.45, 7) is 0. The van der Waals surface area contributed by atoms with Crippen LogP contribution in [-0.2, 0) is 0 Å². The van der Waals surface area contributed by atoms with Crippen molar-refractivity contribution in [1.29, 1.82) is 0 Å². The lowest BCUT2D eigenvalue weighted by atomic mass is 9.94. The fourth-order valence-electron chi connectivity index (χ4n) is 2.87. The highest BCUT2D eigenvalue weighted by Gasteiger charge is 2.15. The number of allylic oxidation sites excluding steroid dienone is 1. The zero-order chi connectivity index (χ0) is 13.9. The standard InChI is InChI=1S/C17H20FNS/c18-14-8-9-15-13(10-14)11-16(20-15)17(19)12-6-4-2-1-3-5-7-12/h6,8-11,17H,1-5,7,19H2/b12-6+. The molecule has 1 aliphatic carbocycles. The molecule has 3 rings (SSSR count). The van der Waals surface area contributed by atoms with Gasteiger partial charge in [-0.3, -0.25) is 0 Å². The topological polar surface area (TPSA) is 26.0 Å². The lowest BCUT2D eigenvalue weighted by Gasteiger charge is -2.17. The van der Waals surface area contributed by atoms with E-state index in [0.717, 1.165) is 27.8 Å². The zero-order valence-corrected chi connectivity index (χ0v) is 12.4. The molecule has 0 aliphatic heterocycles. The first-order valence-corrected chi connectivity index (χ1v) is 8.19. The van der Waals surface area contributed by atoms with E-state index < -0.39 is 0 Å². The average Bonchev–Trinajstić information content (AvgIpc) is 2.80. The predicted molar refractivity (Wildman–Crippen MR) is 84.5 cm³/mol. The average molecular weight is 289 g/mol. The van der Waals surface area contributed by atoms with Gasteiger partial charge in [0, 0.05) is 9.58 Å². The Bertz CT molecular complexity index is 629. The summed E-state index contributed by atoms with van der Waals surface area (Å²) < 4.78 is 14.4. The first-order valence-electron chi connectivity index (χ1n) is 7.37. The molecular formula is C17H20FNS. The van der Waals surface area contributed by atoms with Gasteiger partial charge in [0.05, 0.1) is 6.04 Å². The number of benzene rings is 1. The van der Waals surface area contributed by atoms with E-state index >= 15 is 0 Å². The highest BCUT2D eigenvalue weighted by Crippen LogP contribution is 2.34. The van der Waals surface area contributed by atoms with Gasteiger partial charge in [0.1, 0.15) is 5.82 Å². The van der Waals surface area contributed by atoms with E-state index in [9.17, 15) is 4.39 Å². The smallest absolute Gasteiger partial charge is 0.123 e. The maximum atomic E-state index is 13.3. The monoisotopic (exact) mass is 289 g/mol. The van der Waals surface area contributed by atoms with Crippen LogP contribution in [0.15, 0.2) is 35.9 Å². The number of fused-ring (bicyclic) bond motifs is 1. The third-order valence-corrected chi connectivity index (χ3v) is 5.23. The number of hydrogen-bond donors (Lipinski definition) is 1. The lowest BCUT2D eigenvalue weighted by Crippen LogP contribution is -2.12. The van der Waals surface area contributed by atoms with Crippen molar-refractivity contribution in [2.75, 3.05) is 0 Å². The van der Waals surface area contributed by atoms with E-state index in [1.54, 1.807) is 17.4 Å². The summed E-state index contributed by atoms with van der Waals surface area (Å²) in [6, 6.07) is 6.98. The van der Waals surface area contributed by atoms with Crippen molar-refractivity contribution < 1.29 is 4.39 Å². The van der Waals surface area contributed by atoms with Crippen molar-refractivity contribution in [2.45, 2.75) is 44.6 Å². The van der Waals surface area contributed by atoms with Crippen LogP contribution in [0, 0.1) is 5.82 Å². The van der Waals surface area contributed by atoms with E-state index in [2.05, 4.69) is 6.08 Å². The highest BCUT2D eigenvalue weighted by molar-refractivity contribution is 7.19. The van der Waals surface area contributed by atoms with Crippen molar-refractivity contribution in [3.63, 3.8) is 0 Å². The van der Waals surface area contributed by atoms with Crippen LogP contribution in [0.1, 0.15) is 49.4 Å². The third kappa shape index (κ3) is 2.94. The summed E-state index contributed by atoms with van der Waals surface area (Å²) in [6.07, 6.45) is 9.72. The van der Waals surface area contributed by atoms with E-state index in [0.29, 0.717) is 0 Å². The molecule has 1 aromatic carbocycles. The Morgan fingerprint density at radius 1 is 1.10 bits per heavy atom. The zero-order valence-electron chi connectivity index (χ0n) is 11.6. The Hall–Kier alpha value is -1.19. The third-order valence-electron chi connectivity index (χ3n) is 4.03. The number of thiophene rings is 1. The Balaban J connectivity index is 1.88. The maximum absolute atomic E-state index is 13.3. The Morgan fingerprint density at radius 2 is 1.95 bits per heavy atom. The van der Waals surface area contributed by atoms with E-state index in [-0.39, 0.29) is 11.9 Å². The molecule has 1 nitrogen and oxygen atoms in total. The van der Waals surface area contributed by atoms with Crippen LogP contribution >= 0.6 is 11.3 Å². The molecule has 0 radical (unpaired) electrons.